The Labute approximate surface area is 148 Å². The van der Waals surface area contributed by atoms with Gasteiger partial charge in [0.05, 0.1) is 4.92 Å². The Bertz CT molecular complexity index is 574. The minimum atomic E-state index is -0.426. The Kier molecular flexibility index (Phi) is 6.75. The van der Waals surface area contributed by atoms with Crippen molar-refractivity contribution in [2.45, 2.75) is 39.0 Å². The number of carbonyl (C=O) groups excluding carboxylic acids is 1. The number of nitrogens with zero attached hydrogens (tertiary/aromatic N) is 2. The van der Waals surface area contributed by atoms with Gasteiger partial charge in [-0.05, 0) is 43.2 Å². The number of nitro benzene ring substituents is 1. The summed E-state index contributed by atoms with van der Waals surface area (Å²) in [5.41, 5.74) is 0.873. The summed E-state index contributed by atoms with van der Waals surface area (Å²) in [5, 5.41) is 23.3. The summed E-state index contributed by atoms with van der Waals surface area (Å²) < 4.78 is 0. The molecule has 0 unspecified atom stereocenters. The Balaban J connectivity index is 1.68. The first kappa shape index (κ1) is 19.2. The molecule has 0 bridgehead atoms. The van der Waals surface area contributed by atoms with Gasteiger partial charge in [0.2, 0.25) is 5.91 Å². The number of carbonyl (C=O) groups is 1. The quantitative estimate of drug-likeness (QED) is 0.427. The van der Waals surface area contributed by atoms with Crippen LogP contribution in [0.5, 0.6) is 0 Å². The SMILES string of the molecule is CCC1(CO)CCN(C(=O)CCCNc2ccc([N+](=O)[O-])cc2)CC1. The van der Waals surface area contributed by atoms with E-state index in [2.05, 4.69) is 12.2 Å². The molecule has 0 aliphatic carbocycles. The largest absolute Gasteiger partial charge is 0.396 e. The van der Waals surface area contributed by atoms with Gasteiger partial charge in [0.15, 0.2) is 0 Å². The highest BCUT2D eigenvalue weighted by molar-refractivity contribution is 5.76. The number of likely N-dealkylation sites (tertiary alicyclic amines) is 1. The van der Waals surface area contributed by atoms with E-state index in [0.29, 0.717) is 19.4 Å². The van der Waals surface area contributed by atoms with Crippen molar-refractivity contribution in [3.05, 3.63) is 34.4 Å². The average Bonchev–Trinajstić information content (AvgIpc) is 2.65. The number of hydrogen-bond donors (Lipinski definition) is 2. The van der Waals surface area contributed by atoms with Gasteiger partial charge in [-0.15, -0.1) is 0 Å². The van der Waals surface area contributed by atoms with E-state index in [4.69, 9.17) is 0 Å². The zero-order chi connectivity index (χ0) is 18.3. The lowest BCUT2D eigenvalue weighted by Gasteiger charge is -2.40. The molecule has 7 heteroatoms. The van der Waals surface area contributed by atoms with Crippen LogP contribution < -0.4 is 5.32 Å². The molecule has 0 radical (unpaired) electrons. The van der Waals surface area contributed by atoms with Crippen molar-refractivity contribution in [2.24, 2.45) is 5.41 Å². The maximum absolute atomic E-state index is 12.3. The third-order valence-corrected chi connectivity index (χ3v) is 5.24. The highest BCUT2D eigenvalue weighted by Crippen LogP contribution is 2.34. The molecule has 1 aliphatic heterocycles. The molecule has 1 aliphatic rings. The van der Waals surface area contributed by atoms with Crippen molar-refractivity contribution in [2.75, 3.05) is 31.6 Å². The number of nitro groups is 1. The molecule has 2 N–H and O–H groups in total. The number of amides is 1. The average molecular weight is 349 g/mol. The van der Waals surface area contributed by atoms with Crippen LogP contribution in [0.1, 0.15) is 39.0 Å². The standard InChI is InChI=1S/C18H27N3O4/c1-2-18(14-22)9-12-20(13-10-18)17(23)4-3-11-19-15-5-7-16(8-6-15)21(24)25/h5-8,19,22H,2-4,9-14H2,1H3. The van der Waals surface area contributed by atoms with Crippen molar-refractivity contribution in [3.63, 3.8) is 0 Å². The lowest BCUT2D eigenvalue weighted by Crippen LogP contribution is -2.44. The van der Waals surface area contributed by atoms with E-state index in [1.54, 1.807) is 12.1 Å². The van der Waals surface area contributed by atoms with Gasteiger partial charge in [0, 0.05) is 50.5 Å². The van der Waals surface area contributed by atoms with Gasteiger partial charge in [0.25, 0.3) is 5.69 Å². The number of anilines is 1. The number of piperidine rings is 1. The fourth-order valence-electron chi connectivity index (χ4n) is 3.19. The maximum atomic E-state index is 12.3. The first-order chi connectivity index (χ1) is 12.0. The molecule has 2 rings (SSSR count). The van der Waals surface area contributed by atoms with Crippen molar-refractivity contribution >= 4 is 17.3 Å². The molecular weight excluding hydrogens is 322 g/mol. The predicted octanol–water partition coefficient (Wildman–Crippen LogP) is 2.80. The molecule has 0 spiro atoms. The Morgan fingerprint density at radius 1 is 1.32 bits per heavy atom. The normalized spacial score (nSPS) is 16.5. The summed E-state index contributed by atoms with van der Waals surface area (Å²) >= 11 is 0. The van der Waals surface area contributed by atoms with E-state index in [1.807, 2.05) is 4.90 Å². The van der Waals surface area contributed by atoms with E-state index in [1.165, 1.54) is 12.1 Å². The fraction of sp³-hybridized carbons (Fsp3) is 0.611. The van der Waals surface area contributed by atoms with E-state index in [-0.39, 0.29) is 23.6 Å². The molecule has 138 valence electrons. The van der Waals surface area contributed by atoms with Gasteiger partial charge in [-0.3, -0.25) is 14.9 Å². The predicted molar refractivity (Wildman–Crippen MR) is 96.4 cm³/mol. The Morgan fingerprint density at radius 2 is 1.96 bits per heavy atom. The summed E-state index contributed by atoms with van der Waals surface area (Å²) in [5.74, 6) is 0.160. The van der Waals surface area contributed by atoms with Crippen LogP contribution in [0, 0.1) is 15.5 Å². The molecule has 1 heterocycles. The van der Waals surface area contributed by atoms with Crippen LogP contribution >= 0.6 is 0 Å². The second kappa shape index (κ2) is 8.80. The third kappa shape index (κ3) is 5.16. The lowest BCUT2D eigenvalue weighted by molar-refractivity contribution is -0.384. The second-order valence-corrected chi connectivity index (χ2v) is 6.73. The zero-order valence-electron chi connectivity index (χ0n) is 14.7. The van der Waals surface area contributed by atoms with Crippen LogP contribution in [-0.2, 0) is 4.79 Å². The smallest absolute Gasteiger partial charge is 0.269 e. The van der Waals surface area contributed by atoms with E-state index < -0.39 is 4.92 Å². The minimum absolute atomic E-state index is 0.00570. The van der Waals surface area contributed by atoms with E-state index in [0.717, 1.165) is 38.0 Å². The first-order valence-corrected chi connectivity index (χ1v) is 8.86. The highest BCUT2D eigenvalue weighted by atomic mass is 16.6. The van der Waals surface area contributed by atoms with Crippen molar-refractivity contribution in [3.8, 4) is 0 Å². The molecule has 0 aromatic heterocycles. The summed E-state index contributed by atoms with van der Waals surface area (Å²) in [6.45, 7) is 4.39. The number of nitrogens with one attached hydrogen (secondary N) is 1. The fourth-order valence-corrected chi connectivity index (χ4v) is 3.19. The molecular formula is C18H27N3O4. The van der Waals surface area contributed by atoms with Gasteiger partial charge in [-0.1, -0.05) is 6.92 Å². The maximum Gasteiger partial charge on any atom is 0.269 e. The number of rotatable bonds is 8. The van der Waals surface area contributed by atoms with Gasteiger partial charge < -0.3 is 15.3 Å². The second-order valence-electron chi connectivity index (χ2n) is 6.73. The van der Waals surface area contributed by atoms with Gasteiger partial charge >= 0.3 is 0 Å². The number of benzene rings is 1. The molecule has 1 aromatic carbocycles. The highest BCUT2D eigenvalue weighted by Gasteiger charge is 2.33. The molecule has 1 amide bonds. The number of non-ortho nitro benzene ring substituents is 1. The summed E-state index contributed by atoms with van der Waals surface area (Å²) in [7, 11) is 0. The van der Waals surface area contributed by atoms with Crippen molar-refractivity contribution < 1.29 is 14.8 Å². The van der Waals surface area contributed by atoms with Gasteiger partial charge in [-0.2, -0.15) is 0 Å². The topological polar surface area (TPSA) is 95.7 Å². The van der Waals surface area contributed by atoms with Gasteiger partial charge in [0.1, 0.15) is 0 Å². The van der Waals surface area contributed by atoms with Crippen LogP contribution in [0.15, 0.2) is 24.3 Å². The number of aliphatic hydroxyl groups is 1. The van der Waals surface area contributed by atoms with Crippen LogP contribution in [0.2, 0.25) is 0 Å². The zero-order valence-corrected chi connectivity index (χ0v) is 14.7. The Hall–Kier alpha value is -2.15. The number of aliphatic hydroxyl groups excluding tert-OH is 1. The molecule has 1 fully saturated rings. The van der Waals surface area contributed by atoms with Crippen LogP contribution in [0.3, 0.4) is 0 Å². The summed E-state index contributed by atoms with van der Waals surface area (Å²) in [6.07, 6.45) is 3.88. The van der Waals surface area contributed by atoms with E-state index in [9.17, 15) is 20.0 Å². The number of hydrogen-bond acceptors (Lipinski definition) is 5. The molecule has 0 saturated carbocycles. The van der Waals surface area contributed by atoms with E-state index >= 15 is 0 Å². The molecule has 1 saturated heterocycles. The van der Waals surface area contributed by atoms with Crippen LogP contribution in [0.25, 0.3) is 0 Å². The Morgan fingerprint density at radius 3 is 2.48 bits per heavy atom. The molecule has 0 atom stereocenters. The summed E-state index contributed by atoms with van der Waals surface area (Å²) in [6, 6.07) is 6.26. The minimum Gasteiger partial charge on any atom is -0.396 e. The molecule has 7 nitrogen and oxygen atoms in total. The lowest BCUT2D eigenvalue weighted by atomic mass is 9.77. The molecule has 1 aromatic rings. The van der Waals surface area contributed by atoms with Crippen molar-refractivity contribution in [1.82, 2.24) is 4.90 Å². The molecule has 25 heavy (non-hydrogen) atoms. The summed E-state index contributed by atoms with van der Waals surface area (Å²) in [4.78, 5) is 24.4. The van der Waals surface area contributed by atoms with Crippen LogP contribution in [0.4, 0.5) is 11.4 Å². The van der Waals surface area contributed by atoms with Crippen LogP contribution in [-0.4, -0.2) is 47.1 Å². The first-order valence-electron chi connectivity index (χ1n) is 8.86. The van der Waals surface area contributed by atoms with Crippen molar-refractivity contribution in [1.29, 1.82) is 0 Å². The van der Waals surface area contributed by atoms with Gasteiger partial charge in [-0.25, -0.2) is 0 Å². The monoisotopic (exact) mass is 349 g/mol. The third-order valence-electron chi connectivity index (χ3n) is 5.24.